The van der Waals surface area contributed by atoms with Crippen LogP contribution < -0.4 is 10.1 Å². The van der Waals surface area contributed by atoms with Gasteiger partial charge in [-0.1, -0.05) is 6.08 Å². The van der Waals surface area contributed by atoms with Crippen LogP contribution in [0.3, 0.4) is 0 Å². The molecule has 1 aromatic carbocycles. The average molecular weight is 262 g/mol. The second-order valence-corrected chi connectivity index (χ2v) is 4.59. The van der Waals surface area contributed by atoms with Crippen molar-refractivity contribution in [3.63, 3.8) is 0 Å². The topological polar surface area (TPSA) is 64.4 Å². The molecule has 0 aromatic heterocycles. The highest BCUT2D eigenvalue weighted by Gasteiger charge is 2.15. The number of allylic oxidation sites excluding steroid dienone is 1. The monoisotopic (exact) mass is 262 g/mol. The number of rotatable bonds is 5. The molecule has 2 rings (SSSR count). The van der Waals surface area contributed by atoms with Crippen molar-refractivity contribution in [2.45, 2.75) is 31.9 Å². The highest BCUT2D eigenvalue weighted by Crippen LogP contribution is 2.27. The van der Waals surface area contributed by atoms with Gasteiger partial charge in [0.05, 0.1) is 4.92 Å². The van der Waals surface area contributed by atoms with E-state index >= 15 is 0 Å². The summed E-state index contributed by atoms with van der Waals surface area (Å²) in [5.41, 5.74) is 0.910. The first kappa shape index (κ1) is 13.5. The summed E-state index contributed by atoms with van der Waals surface area (Å²) in [5, 5.41) is 13.8. The highest BCUT2D eigenvalue weighted by molar-refractivity contribution is 5.44. The van der Waals surface area contributed by atoms with Crippen LogP contribution >= 0.6 is 0 Å². The number of nitro benzene ring substituents is 1. The molecular weight excluding hydrogens is 244 g/mol. The van der Waals surface area contributed by atoms with Gasteiger partial charge in [0.1, 0.15) is 11.9 Å². The van der Waals surface area contributed by atoms with Gasteiger partial charge in [0, 0.05) is 24.2 Å². The molecule has 1 aliphatic rings. The van der Waals surface area contributed by atoms with Gasteiger partial charge in [0.25, 0.3) is 5.69 Å². The molecule has 0 saturated heterocycles. The van der Waals surface area contributed by atoms with Crippen LogP contribution in [-0.2, 0) is 6.54 Å². The van der Waals surface area contributed by atoms with Crippen molar-refractivity contribution >= 4 is 5.69 Å². The van der Waals surface area contributed by atoms with E-state index < -0.39 is 0 Å². The Labute approximate surface area is 112 Å². The molecule has 1 aromatic rings. The maximum Gasteiger partial charge on any atom is 0.270 e. The summed E-state index contributed by atoms with van der Waals surface area (Å²) < 4.78 is 5.92. The first-order valence-electron chi connectivity index (χ1n) is 6.46. The molecule has 1 aliphatic carbocycles. The van der Waals surface area contributed by atoms with Crippen molar-refractivity contribution in [3.8, 4) is 5.75 Å². The van der Waals surface area contributed by atoms with Gasteiger partial charge in [-0.15, -0.1) is 0 Å². The summed E-state index contributed by atoms with van der Waals surface area (Å²) in [6, 6.07) is 4.74. The minimum absolute atomic E-state index is 0.0748. The lowest BCUT2D eigenvalue weighted by Crippen LogP contribution is -2.17. The predicted octanol–water partition coefficient (Wildman–Crippen LogP) is 2.80. The minimum atomic E-state index is -0.385. The zero-order chi connectivity index (χ0) is 13.7. The molecule has 102 valence electrons. The van der Waals surface area contributed by atoms with Crippen LogP contribution in [0.15, 0.2) is 30.4 Å². The fourth-order valence-corrected chi connectivity index (χ4v) is 2.17. The van der Waals surface area contributed by atoms with Gasteiger partial charge in [-0.2, -0.15) is 0 Å². The third-order valence-corrected chi connectivity index (χ3v) is 3.11. The number of non-ortho nitro benzene ring substituents is 1. The number of hydrogen-bond acceptors (Lipinski definition) is 4. The van der Waals surface area contributed by atoms with Crippen molar-refractivity contribution < 1.29 is 9.66 Å². The molecular formula is C14H18N2O3. The van der Waals surface area contributed by atoms with E-state index in [9.17, 15) is 10.1 Å². The van der Waals surface area contributed by atoms with Crippen molar-refractivity contribution in [3.05, 3.63) is 46.0 Å². The van der Waals surface area contributed by atoms with Crippen LogP contribution in [0.2, 0.25) is 0 Å². The van der Waals surface area contributed by atoms with Crippen LogP contribution in [0.5, 0.6) is 5.75 Å². The summed E-state index contributed by atoms with van der Waals surface area (Å²) >= 11 is 0. The van der Waals surface area contributed by atoms with Crippen molar-refractivity contribution in [1.82, 2.24) is 5.32 Å². The average Bonchev–Trinajstić information content (AvgIpc) is 2.42. The molecule has 19 heavy (non-hydrogen) atoms. The van der Waals surface area contributed by atoms with E-state index in [0.717, 1.165) is 30.6 Å². The SMILES string of the molecule is CNCc1cc([N+](=O)[O-])ccc1OC1C=CCCC1. The van der Waals surface area contributed by atoms with Crippen LogP contribution in [-0.4, -0.2) is 18.1 Å². The first-order valence-corrected chi connectivity index (χ1v) is 6.46. The van der Waals surface area contributed by atoms with Gasteiger partial charge < -0.3 is 10.1 Å². The van der Waals surface area contributed by atoms with E-state index in [1.807, 2.05) is 7.05 Å². The molecule has 0 spiro atoms. The van der Waals surface area contributed by atoms with Crippen LogP contribution in [0.25, 0.3) is 0 Å². The van der Waals surface area contributed by atoms with E-state index in [2.05, 4.69) is 17.5 Å². The smallest absolute Gasteiger partial charge is 0.270 e. The van der Waals surface area contributed by atoms with Crippen molar-refractivity contribution in [2.75, 3.05) is 7.05 Å². The van der Waals surface area contributed by atoms with Crippen LogP contribution in [0, 0.1) is 10.1 Å². The predicted molar refractivity (Wildman–Crippen MR) is 73.3 cm³/mol. The van der Waals surface area contributed by atoms with Crippen LogP contribution in [0.4, 0.5) is 5.69 Å². The number of hydrogen-bond donors (Lipinski definition) is 1. The lowest BCUT2D eigenvalue weighted by Gasteiger charge is -2.20. The van der Waals surface area contributed by atoms with Crippen molar-refractivity contribution in [2.24, 2.45) is 0 Å². The largest absolute Gasteiger partial charge is 0.486 e. The zero-order valence-corrected chi connectivity index (χ0v) is 11.0. The summed E-state index contributed by atoms with van der Waals surface area (Å²) in [6.45, 7) is 0.549. The standard InChI is InChI=1S/C14H18N2O3/c1-15-10-11-9-12(16(17)18)7-8-14(11)19-13-5-3-2-4-6-13/h3,5,7-9,13,15H,2,4,6,10H2,1H3. The minimum Gasteiger partial charge on any atom is -0.486 e. The Morgan fingerprint density at radius 3 is 3.00 bits per heavy atom. The second-order valence-electron chi connectivity index (χ2n) is 4.59. The highest BCUT2D eigenvalue weighted by atomic mass is 16.6. The molecule has 0 saturated carbocycles. The number of ether oxygens (including phenoxy) is 1. The third-order valence-electron chi connectivity index (χ3n) is 3.11. The fourth-order valence-electron chi connectivity index (χ4n) is 2.17. The molecule has 0 fully saturated rings. The Morgan fingerprint density at radius 2 is 2.37 bits per heavy atom. The number of benzene rings is 1. The van der Waals surface area contributed by atoms with E-state index in [1.165, 1.54) is 6.07 Å². The maximum absolute atomic E-state index is 10.8. The van der Waals surface area contributed by atoms with Gasteiger partial charge in [0.2, 0.25) is 0 Å². The lowest BCUT2D eigenvalue weighted by atomic mass is 10.1. The Bertz CT molecular complexity index is 486. The van der Waals surface area contributed by atoms with Gasteiger partial charge in [-0.3, -0.25) is 10.1 Å². The van der Waals surface area contributed by atoms with Gasteiger partial charge in [0.15, 0.2) is 0 Å². The molecule has 0 amide bonds. The molecule has 0 bridgehead atoms. The molecule has 1 N–H and O–H groups in total. The Balaban J connectivity index is 2.20. The zero-order valence-electron chi connectivity index (χ0n) is 11.0. The molecule has 5 nitrogen and oxygen atoms in total. The van der Waals surface area contributed by atoms with E-state index in [0.29, 0.717) is 6.54 Å². The van der Waals surface area contributed by atoms with Crippen molar-refractivity contribution in [1.29, 1.82) is 0 Å². The quantitative estimate of drug-likeness (QED) is 0.503. The number of nitrogens with one attached hydrogen (secondary N) is 1. The van der Waals surface area contributed by atoms with E-state index in [1.54, 1.807) is 12.1 Å². The summed E-state index contributed by atoms with van der Waals surface area (Å²) in [5.74, 6) is 0.719. The molecule has 0 heterocycles. The van der Waals surface area contributed by atoms with Crippen LogP contribution in [0.1, 0.15) is 24.8 Å². The summed E-state index contributed by atoms with van der Waals surface area (Å²) in [6.07, 6.45) is 7.47. The van der Waals surface area contributed by atoms with E-state index in [4.69, 9.17) is 4.74 Å². The molecule has 0 radical (unpaired) electrons. The summed E-state index contributed by atoms with van der Waals surface area (Å²) in [4.78, 5) is 10.4. The van der Waals surface area contributed by atoms with Gasteiger partial charge >= 0.3 is 0 Å². The normalized spacial score (nSPS) is 18.3. The van der Waals surface area contributed by atoms with Gasteiger partial charge in [-0.25, -0.2) is 0 Å². The Morgan fingerprint density at radius 1 is 1.53 bits per heavy atom. The Kier molecular flexibility index (Phi) is 4.52. The summed E-state index contributed by atoms with van der Waals surface area (Å²) in [7, 11) is 1.81. The van der Waals surface area contributed by atoms with E-state index in [-0.39, 0.29) is 16.7 Å². The fraction of sp³-hybridized carbons (Fsp3) is 0.429. The molecule has 5 heteroatoms. The molecule has 1 atom stereocenters. The maximum atomic E-state index is 10.8. The van der Waals surface area contributed by atoms with Gasteiger partial charge in [-0.05, 0) is 38.5 Å². The lowest BCUT2D eigenvalue weighted by molar-refractivity contribution is -0.384. The second kappa shape index (κ2) is 6.33. The third kappa shape index (κ3) is 3.54. The Hall–Kier alpha value is -1.88. The molecule has 1 unspecified atom stereocenters. The number of nitro groups is 1. The first-order chi connectivity index (χ1) is 9.20. The molecule has 0 aliphatic heterocycles. The number of nitrogens with zero attached hydrogens (tertiary/aromatic N) is 1.